The zero-order valence-corrected chi connectivity index (χ0v) is 40.0. The highest BCUT2D eigenvalue weighted by molar-refractivity contribution is 7.47. The van der Waals surface area contributed by atoms with E-state index in [1.165, 1.54) is 51.4 Å². The number of ketones is 1. The molecular weight excluding hydrogens is 862 g/mol. The largest absolute Gasteiger partial charge is 0.472 e. The van der Waals surface area contributed by atoms with Gasteiger partial charge in [-0.2, -0.15) is 0 Å². The van der Waals surface area contributed by atoms with Gasteiger partial charge < -0.3 is 44.6 Å². The van der Waals surface area contributed by atoms with Gasteiger partial charge in [-0.1, -0.05) is 129 Å². The van der Waals surface area contributed by atoms with E-state index in [4.69, 9.17) is 23.8 Å². The number of aliphatic hydroxyl groups excluding tert-OH is 4. The van der Waals surface area contributed by atoms with Crippen molar-refractivity contribution in [2.24, 2.45) is 17.8 Å². The van der Waals surface area contributed by atoms with Crippen molar-refractivity contribution in [3.63, 3.8) is 0 Å². The van der Waals surface area contributed by atoms with E-state index in [1.807, 2.05) is 0 Å². The maximum absolute atomic E-state index is 12.9. The number of carbonyl (C=O) groups excluding carboxylic acids is 3. The van der Waals surface area contributed by atoms with Crippen molar-refractivity contribution >= 4 is 33.4 Å². The number of phosphoric acid groups is 2. The summed E-state index contributed by atoms with van der Waals surface area (Å²) in [6.07, 6.45) is 17.0. The van der Waals surface area contributed by atoms with E-state index in [1.54, 1.807) is 12.2 Å². The van der Waals surface area contributed by atoms with Crippen LogP contribution in [0.4, 0.5) is 0 Å². The lowest BCUT2D eigenvalue weighted by Crippen LogP contribution is -2.30. The SMILES string of the molecule is CCCCC[C@H](O)/C=C/[C@@H]1[C@@H](CC(=O)CCCCC(=O)O[C@H](COC(=O)CCCCCCCCCCCCCCC(C)C)COP(=O)(O)OC[C@@H](O)COP(=O)(O)O)[C@@H](O)C[C@H]1O. The van der Waals surface area contributed by atoms with Crippen LogP contribution >= 0.6 is 15.6 Å². The van der Waals surface area contributed by atoms with Crippen molar-refractivity contribution in [3.05, 3.63) is 12.2 Å². The standard InChI is InChI=1S/C44H82O17P2/c1-4-5-16-22-35(45)26-27-39-40(42(49)29-41(39)48)28-36(46)23-19-20-25-44(51)61-38(33-60-63(55,56)59-31-37(47)30-58-62(52,53)54)32-57-43(50)24-18-15-13-11-9-7-6-8-10-12-14-17-21-34(2)3/h26-27,34-35,37-42,45,47-49H,4-25,28-33H2,1-3H3,(H,55,56)(H2,52,53,54)/b27-26+/t35-,37-,38+,39+,40+,41+,42-/m0/s1. The summed E-state index contributed by atoms with van der Waals surface area (Å²) in [4.78, 5) is 65.9. The Labute approximate surface area is 375 Å². The Hall–Kier alpha value is -1.59. The Morgan fingerprint density at radius 1 is 0.651 bits per heavy atom. The molecule has 1 rings (SSSR count). The summed E-state index contributed by atoms with van der Waals surface area (Å²) in [7, 11) is -9.82. The molecule has 0 bridgehead atoms. The van der Waals surface area contributed by atoms with Crippen LogP contribution in [0.25, 0.3) is 0 Å². The fourth-order valence-corrected chi connectivity index (χ4v) is 8.57. The minimum absolute atomic E-state index is 0.0182. The summed E-state index contributed by atoms with van der Waals surface area (Å²) in [5, 5.41) is 41.1. The van der Waals surface area contributed by atoms with Crippen molar-refractivity contribution < 1.29 is 81.7 Å². The van der Waals surface area contributed by atoms with Crippen LogP contribution in [0.15, 0.2) is 12.2 Å². The van der Waals surface area contributed by atoms with Gasteiger partial charge in [0.05, 0.1) is 38.1 Å². The zero-order chi connectivity index (χ0) is 47.1. The van der Waals surface area contributed by atoms with Gasteiger partial charge in [0.15, 0.2) is 6.10 Å². The molecule has 8 atom stereocenters. The van der Waals surface area contributed by atoms with Crippen LogP contribution in [-0.4, -0.2) is 110 Å². The number of esters is 2. The minimum Gasteiger partial charge on any atom is -0.462 e. The molecule has 370 valence electrons. The highest BCUT2D eigenvalue weighted by Gasteiger charge is 2.41. The van der Waals surface area contributed by atoms with Gasteiger partial charge in [-0.3, -0.25) is 28.0 Å². The fourth-order valence-electron chi connectivity index (χ4n) is 7.41. The van der Waals surface area contributed by atoms with Gasteiger partial charge in [0.1, 0.15) is 18.5 Å². The molecule has 1 unspecified atom stereocenters. The highest BCUT2D eigenvalue weighted by atomic mass is 31.2. The summed E-state index contributed by atoms with van der Waals surface area (Å²) >= 11 is 0. The molecule has 0 aliphatic heterocycles. The van der Waals surface area contributed by atoms with E-state index in [2.05, 4.69) is 29.8 Å². The predicted molar refractivity (Wildman–Crippen MR) is 237 cm³/mol. The average Bonchev–Trinajstić information content (AvgIpc) is 3.47. The molecule has 1 aliphatic rings. The number of carbonyl (C=O) groups is 3. The van der Waals surface area contributed by atoms with Gasteiger partial charge in [0.2, 0.25) is 0 Å². The van der Waals surface area contributed by atoms with Crippen molar-refractivity contribution in [2.75, 3.05) is 26.4 Å². The van der Waals surface area contributed by atoms with Crippen LogP contribution < -0.4 is 0 Å². The Kier molecular flexibility index (Phi) is 32.7. The molecule has 0 aromatic carbocycles. The highest BCUT2D eigenvalue weighted by Crippen LogP contribution is 2.44. The smallest absolute Gasteiger partial charge is 0.462 e. The van der Waals surface area contributed by atoms with Crippen LogP contribution in [-0.2, 0) is 46.6 Å². The molecule has 7 N–H and O–H groups in total. The van der Waals surface area contributed by atoms with Gasteiger partial charge in [0, 0.05) is 43.9 Å². The van der Waals surface area contributed by atoms with E-state index in [0.29, 0.717) is 19.3 Å². The summed E-state index contributed by atoms with van der Waals surface area (Å²) in [5.41, 5.74) is 0. The van der Waals surface area contributed by atoms with Crippen LogP contribution in [0, 0.1) is 17.8 Å². The lowest BCUT2D eigenvalue weighted by molar-refractivity contribution is -0.161. The first kappa shape index (κ1) is 59.4. The molecule has 0 aromatic heterocycles. The molecule has 0 radical (unpaired) electrons. The van der Waals surface area contributed by atoms with E-state index in [0.717, 1.165) is 50.9 Å². The van der Waals surface area contributed by atoms with Crippen molar-refractivity contribution in [1.82, 2.24) is 0 Å². The Morgan fingerprint density at radius 3 is 1.78 bits per heavy atom. The Balaban J connectivity index is 2.57. The van der Waals surface area contributed by atoms with E-state index in [-0.39, 0.29) is 44.3 Å². The van der Waals surface area contributed by atoms with E-state index < -0.39 is 96.4 Å². The summed E-state index contributed by atoms with van der Waals surface area (Å²) in [6, 6.07) is 0. The second-order valence-corrected chi connectivity index (χ2v) is 20.2. The normalized spacial score (nSPS) is 20.5. The molecule has 63 heavy (non-hydrogen) atoms. The van der Waals surface area contributed by atoms with Gasteiger partial charge in [0.25, 0.3) is 0 Å². The number of hydrogen-bond acceptors (Lipinski definition) is 14. The lowest BCUT2D eigenvalue weighted by atomic mass is 9.87. The number of aliphatic hydroxyl groups is 4. The third-order valence-electron chi connectivity index (χ3n) is 11.1. The maximum Gasteiger partial charge on any atom is 0.472 e. The average molecular weight is 945 g/mol. The number of rotatable bonds is 40. The van der Waals surface area contributed by atoms with Crippen molar-refractivity contribution in [2.45, 2.75) is 205 Å². The van der Waals surface area contributed by atoms with Gasteiger partial charge >= 0.3 is 27.6 Å². The number of Topliss-reactive ketones (excluding diaryl/α,β-unsaturated/α-hetero) is 1. The second-order valence-electron chi connectivity index (χ2n) is 17.5. The number of phosphoric ester groups is 2. The quantitative estimate of drug-likeness (QED) is 0.0135. The minimum atomic E-state index is -4.91. The number of unbranched alkanes of at least 4 members (excludes halogenated alkanes) is 14. The molecular formula is C44H82O17P2. The van der Waals surface area contributed by atoms with Crippen molar-refractivity contribution in [1.29, 1.82) is 0 Å². The van der Waals surface area contributed by atoms with Gasteiger partial charge in [-0.25, -0.2) is 9.13 Å². The third-order valence-corrected chi connectivity index (χ3v) is 12.5. The molecule has 0 aromatic rings. The maximum atomic E-state index is 12.9. The van der Waals surface area contributed by atoms with E-state index in [9.17, 15) is 48.8 Å². The molecule has 17 nitrogen and oxygen atoms in total. The molecule has 1 aliphatic carbocycles. The fraction of sp³-hybridized carbons (Fsp3) is 0.886. The first-order valence-electron chi connectivity index (χ1n) is 23.4. The molecule has 1 saturated carbocycles. The third kappa shape index (κ3) is 32.7. The summed E-state index contributed by atoms with van der Waals surface area (Å²) < 4.78 is 47.7. The molecule has 0 saturated heterocycles. The number of hydrogen-bond donors (Lipinski definition) is 7. The Bertz CT molecular complexity index is 1360. The first-order chi connectivity index (χ1) is 29.8. The van der Waals surface area contributed by atoms with Crippen LogP contribution in [0.3, 0.4) is 0 Å². The second kappa shape index (κ2) is 34.7. The molecule has 19 heteroatoms. The summed E-state index contributed by atoms with van der Waals surface area (Å²) in [5.74, 6) is -1.70. The van der Waals surface area contributed by atoms with Crippen molar-refractivity contribution in [3.8, 4) is 0 Å². The zero-order valence-electron chi connectivity index (χ0n) is 38.2. The van der Waals surface area contributed by atoms with Gasteiger partial charge in [-0.15, -0.1) is 0 Å². The molecule has 0 amide bonds. The number of ether oxygens (including phenoxy) is 2. The first-order valence-corrected chi connectivity index (χ1v) is 26.4. The molecule has 0 spiro atoms. The van der Waals surface area contributed by atoms with Gasteiger partial charge in [-0.05, 0) is 31.6 Å². The lowest BCUT2D eigenvalue weighted by Gasteiger charge is -2.21. The van der Waals surface area contributed by atoms with E-state index >= 15 is 0 Å². The van der Waals surface area contributed by atoms with Crippen LogP contribution in [0.5, 0.6) is 0 Å². The van der Waals surface area contributed by atoms with Crippen LogP contribution in [0.1, 0.15) is 175 Å². The van der Waals surface area contributed by atoms with Crippen LogP contribution in [0.2, 0.25) is 0 Å². The predicted octanol–water partition coefficient (Wildman–Crippen LogP) is 7.54. The molecule has 1 fully saturated rings. The Morgan fingerprint density at radius 2 is 1.17 bits per heavy atom. The topological polar surface area (TPSA) is 273 Å². The summed E-state index contributed by atoms with van der Waals surface area (Å²) in [6.45, 7) is 3.54. The molecule has 0 heterocycles. The monoisotopic (exact) mass is 945 g/mol.